The zero-order valence-electron chi connectivity index (χ0n) is 12.9. The smallest absolute Gasteiger partial charge is 0.0673 e. The van der Waals surface area contributed by atoms with E-state index in [4.69, 9.17) is 0 Å². The summed E-state index contributed by atoms with van der Waals surface area (Å²) < 4.78 is 0. The minimum atomic E-state index is -0.280. The minimum absolute atomic E-state index is 0.172. The standard InChI is InChI=1S/C18H29NO/c1-15(2)13-18(14-20,16-9-5-3-6-10-16)19-17-11-7-4-8-12-17/h3,5-6,9-10,15,17,19-20H,4,7-8,11-14H2,1-2H3. The Labute approximate surface area is 123 Å². The summed E-state index contributed by atoms with van der Waals surface area (Å²) in [7, 11) is 0. The van der Waals surface area contributed by atoms with E-state index in [-0.39, 0.29) is 12.1 Å². The molecule has 112 valence electrons. The van der Waals surface area contributed by atoms with Crippen LogP contribution in [0.4, 0.5) is 0 Å². The van der Waals surface area contributed by atoms with Crippen LogP contribution in [-0.4, -0.2) is 17.8 Å². The van der Waals surface area contributed by atoms with E-state index in [1.54, 1.807) is 0 Å². The van der Waals surface area contributed by atoms with Crippen molar-refractivity contribution in [2.75, 3.05) is 6.61 Å². The molecule has 1 fully saturated rings. The highest BCUT2D eigenvalue weighted by Crippen LogP contribution is 2.31. The molecule has 2 rings (SSSR count). The normalized spacial score (nSPS) is 20.0. The second-order valence-electron chi connectivity index (χ2n) is 6.68. The van der Waals surface area contributed by atoms with Gasteiger partial charge in [-0.25, -0.2) is 0 Å². The minimum Gasteiger partial charge on any atom is -0.394 e. The monoisotopic (exact) mass is 275 g/mol. The van der Waals surface area contributed by atoms with Crippen molar-refractivity contribution in [3.05, 3.63) is 35.9 Å². The van der Waals surface area contributed by atoms with Gasteiger partial charge in [-0.05, 0) is 30.7 Å². The zero-order valence-corrected chi connectivity index (χ0v) is 12.9. The van der Waals surface area contributed by atoms with Crippen LogP contribution in [0, 0.1) is 5.92 Å². The Morgan fingerprint density at radius 3 is 2.35 bits per heavy atom. The molecule has 0 radical (unpaired) electrons. The topological polar surface area (TPSA) is 32.3 Å². The Bertz CT molecular complexity index is 384. The van der Waals surface area contributed by atoms with Crippen LogP contribution in [0.3, 0.4) is 0 Å². The van der Waals surface area contributed by atoms with E-state index in [2.05, 4.69) is 43.4 Å². The molecule has 0 amide bonds. The lowest BCUT2D eigenvalue weighted by Gasteiger charge is -2.40. The van der Waals surface area contributed by atoms with Gasteiger partial charge in [0.1, 0.15) is 0 Å². The van der Waals surface area contributed by atoms with E-state index in [0.29, 0.717) is 12.0 Å². The van der Waals surface area contributed by atoms with Crippen molar-refractivity contribution in [3.8, 4) is 0 Å². The van der Waals surface area contributed by atoms with Crippen LogP contribution in [0.2, 0.25) is 0 Å². The molecule has 0 bridgehead atoms. The van der Waals surface area contributed by atoms with Crippen molar-refractivity contribution in [3.63, 3.8) is 0 Å². The molecule has 0 saturated heterocycles. The van der Waals surface area contributed by atoms with Gasteiger partial charge >= 0.3 is 0 Å². The Kier molecular flexibility index (Phi) is 5.62. The molecule has 1 aromatic carbocycles. The second kappa shape index (κ2) is 7.24. The maximum Gasteiger partial charge on any atom is 0.0673 e. The molecular formula is C18H29NO. The molecule has 0 heterocycles. The maximum atomic E-state index is 10.1. The fourth-order valence-corrected chi connectivity index (χ4v) is 3.55. The quantitative estimate of drug-likeness (QED) is 0.826. The fraction of sp³-hybridized carbons (Fsp3) is 0.667. The van der Waals surface area contributed by atoms with Crippen molar-refractivity contribution in [2.24, 2.45) is 5.92 Å². The van der Waals surface area contributed by atoms with E-state index in [9.17, 15) is 5.11 Å². The highest BCUT2D eigenvalue weighted by atomic mass is 16.3. The molecule has 2 heteroatoms. The first kappa shape index (κ1) is 15.5. The van der Waals surface area contributed by atoms with Gasteiger partial charge in [-0.1, -0.05) is 63.4 Å². The van der Waals surface area contributed by atoms with E-state index >= 15 is 0 Å². The van der Waals surface area contributed by atoms with Crippen LogP contribution in [0.1, 0.15) is 57.9 Å². The van der Waals surface area contributed by atoms with Crippen LogP contribution in [0.5, 0.6) is 0 Å². The average Bonchev–Trinajstić information content (AvgIpc) is 2.48. The third kappa shape index (κ3) is 3.83. The Morgan fingerprint density at radius 2 is 1.80 bits per heavy atom. The lowest BCUT2D eigenvalue weighted by atomic mass is 9.81. The number of hydrogen-bond acceptors (Lipinski definition) is 2. The lowest BCUT2D eigenvalue weighted by molar-refractivity contribution is 0.115. The first-order valence-electron chi connectivity index (χ1n) is 8.10. The molecule has 0 aliphatic heterocycles. The van der Waals surface area contributed by atoms with E-state index < -0.39 is 0 Å². The van der Waals surface area contributed by atoms with Gasteiger partial charge in [-0.2, -0.15) is 0 Å². The number of rotatable bonds is 6. The average molecular weight is 275 g/mol. The summed E-state index contributed by atoms with van der Waals surface area (Å²) in [5.41, 5.74) is 0.944. The molecule has 1 atom stereocenters. The number of aliphatic hydroxyl groups excluding tert-OH is 1. The lowest BCUT2D eigenvalue weighted by Crippen LogP contribution is -2.51. The molecule has 0 spiro atoms. The second-order valence-corrected chi connectivity index (χ2v) is 6.68. The van der Waals surface area contributed by atoms with Crippen molar-refractivity contribution >= 4 is 0 Å². The van der Waals surface area contributed by atoms with Gasteiger partial charge in [0.2, 0.25) is 0 Å². The van der Waals surface area contributed by atoms with Gasteiger partial charge in [0.15, 0.2) is 0 Å². The first-order valence-corrected chi connectivity index (χ1v) is 8.10. The first-order chi connectivity index (χ1) is 9.66. The third-order valence-electron chi connectivity index (χ3n) is 4.44. The van der Waals surface area contributed by atoms with E-state index in [1.807, 2.05) is 6.07 Å². The van der Waals surface area contributed by atoms with Crippen molar-refractivity contribution in [1.29, 1.82) is 0 Å². The number of nitrogens with one attached hydrogen (secondary N) is 1. The molecule has 1 saturated carbocycles. The van der Waals surface area contributed by atoms with Crippen LogP contribution in [0.15, 0.2) is 30.3 Å². The van der Waals surface area contributed by atoms with Crippen LogP contribution in [0.25, 0.3) is 0 Å². The molecule has 1 aliphatic rings. The Balaban J connectivity index is 2.22. The largest absolute Gasteiger partial charge is 0.394 e. The van der Waals surface area contributed by atoms with Gasteiger partial charge in [0.25, 0.3) is 0 Å². The fourth-order valence-electron chi connectivity index (χ4n) is 3.55. The summed E-state index contributed by atoms with van der Waals surface area (Å²) in [5, 5.41) is 14.0. The summed E-state index contributed by atoms with van der Waals surface area (Å²) >= 11 is 0. The summed E-state index contributed by atoms with van der Waals surface area (Å²) in [5.74, 6) is 0.554. The molecule has 2 nitrogen and oxygen atoms in total. The van der Waals surface area contributed by atoms with Crippen molar-refractivity contribution in [1.82, 2.24) is 5.32 Å². The molecule has 1 aromatic rings. The van der Waals surface area contributed by atoms with Crippen molar-refractivity contribution in [2.45, 2.75) is 64.0 Å². The molecule has 0 aromatic heterocycles. The molecule has 2 N–H and O–H groups in total. The maximum absolute atomic E-state index is 10.1. The molecule has 20 heavy (non-hydrogen) atoms. The van der Waals surface area contributed by atoms with Gasteiger partial charge in [0.05, 0.1) is 12.1 Å². The number of benzene rings is 1. The van der Waals surface area contributed by atoms with Crippen LogP contribution < -0.4 is 5.32 Å². The predicted octanol–water partition coefficient (Wildman–Crippen LogP) is 3.84. The SMILES string of the molecule is CC(C)CC(CO)(NC1CCCCC1)c1ccccc1. The summed E-state index contributed by atoms with van der Waals surface area (Å²) in [4.78, 5) is 0. The van der Waals surface area contributed by atoms with E-state index in [0.717, 1.165) is 6.42 Å². The number of aliphatic hydroxyl groups is 1. The van der Waals surface area contributed by atoms with Gasteiger partial charge < -0.3 is 10.4 Å². The molecular weight excluding hydrogens is 246 g/mol. The highest BCUT2D eigenvalue weighted by molar-refractivity contribution is 5.25. The summed E-state index contributed by atoms with van der Waals surface area (Å²) in [6, 6.07) is 11.0. The highest BCUT2D eigenvalue weighted by Gasteiger charge is 2.34. The third-order valence-corrected chi connectivity index (χ3v) is 4.44. The van der Waals surface area contributed by atoms with Crippen LogP contribution >= 0.6 is 0 Å². The van der Waals surface area contributed by atoms with Crippen molar-refractivity contribution < 1.29 is 5.11 Å². The van der Waals surface area contributed by atoms with Gasteiger partial charge in [-0.3, -0.25) is 0 Å². The summed E-state index contributed by atoms with van der Waals surface area (Å²) in [6.45, 7) is 4.64. The Hall–Kier alpha value is -0.860. The van der Waals surface area contributed by atoms with E-state index in [1.165, 1.54) is 37.7 Å². The number of hydrogen-bond donors (Lipinski definition) is 2. The predicted molar refractivity (Wildman–Crippen MR) is 84.7 cm³/mol. The molecule has 1 unspecified atom stereocenters. The van der Waals surface area contributed by atoms with Crippen LogP contribution in [-0.2, 0) is 5.54 Å². The van der Waals surface area contributed by atoms with Gasteiger partial charge in [0, 0.05) is 6.04 Å². The zero-order chi connectivity index (χ0) is 14.4. The molecule has 1 aliphatic carbocycles. The summed E-state index contributed by atoms with van der Waals surface area (Å²) in [6.07, 6.45) is 7.45. The Morgan fingerprint density at radius 1 is 1.15 bits per heavy atom. The van der Waals surface area contributed by atoms with Gasteiger partial charge in [-0.15, -0.1) is 0 Å².